The van der Waals surface area contributed by atoms with Gasteiger partial charge >= 0.3 is 0 Å². The standard InChI is InChI=1S/C17H22F2N2O/c18-15-8-13(9-16(19)10-15)11-20-7-4-14(12-20)17(22)21-5-2-1-3-6-21/h8-10,14H,1-7,11-12H2. The lowest BCUT2D eigenvalue weighted by Gasteiger charge is -2.29. The Morgan fingerprint density at radius 1 is 1.05 bits per heavy atom. The highest BCUT2D eigenvalue weighted by Crippen LogP contribution is 2.23. The summed E-state index contributed by atoms with van der Waals surface area (Å²) in [6, 6.07) is 3.61. The number of rotatable bonds is 3. The van der Waals surface area contributed by atoms with Crippen molar-refractivity contribution >= 4 is 5.91 Å². The number of hydrogen-bond acceptors (Lipinski definition) is 2. The fourth-order valence-corrected chi connectivity index (χ4v) is 3.51. The van der Waals surface area contributed by atoms with E-state index < -0.39 is 11.6 Å². The van der Waals surface area contributed by atoms with Crippen LogP contribution >= 0.6 is 0 Å². The van der Waals surface area contributed by atoms with Crippen molar-refractivity contribution in [2.24, 2.45) is 5.92 Å². The molecule has 2 heterocycles. The molecule has 120 valence electrons. The number of hydrogen-bond donors (Lipinski definition) is 0. The number of carbonyl (C=O) groups is 1. The topological polar surface area (TPSA) is 23.6 Å². The van der Waals surface area contributed by atoms with E-state index in [0.717, 1.165) is 45.0 Å². The van der Waals surface area contributed by atoms with Crippen molar-refractivity contribution in [1.82, 2.24) is 9.80 Å². The van der Waals surface area contributed by atoms with E-state index in [1.807, 2.05) is 4.90 Å². The highest BCUT2D eigenvalue weighted by atomic mass is 19.1. The molecule has 2 aliphatic rings. The molecular formula is C17H22F2N2O. The van der Waals surface area contributed by atoms with Gasteiger partial charge in [-0.3, -0.25) is 9.69 Å². The van der Waals surface area contributed by atoms with Crippen LogP contribution in [0.2, 0.25) is 0 Å². The van der Waals surface area contributed by atoms with Crippen LogP contribution in [0.5, 0.6) is 0 Å². The van der Waals surface area contributed by atoms with Crippen molar-refractivity contribution in [3.63, 3.8) is 0 Å². The average Bonchev–Trinajstić information content (AvgIpc) is 2.95. The Kier molecular flexibility index (Phi) is 4.71. The first-order chi connectivity index (χ1) is 10.6. The van der Waals surface area contributed by atoms with E-state index in [-0.39, 0.29) is 11.8 Å². The zero-order valence-corrected chi connectivity index (χ0v) is 12.7. The van der Waals surface area contributed by atoms with E-state index in [1.54, 1.807) is 0 Å². The molecule has 0 saturated carbocycles. The molecule has 2 fully saturated rings. The second-order valence-electron chi connectivity index (χ2n) is 6.38. The van der Waals surface area contributed by atoms with Crippen LogP contribution in [0.4, 0.5) is 8.78 Å². The third kappa shape index (κ3) is 3.64. The normalized spacial score (nSPS) is 23.0. The lowest BCUT2D eigenvalue weighted by atomic mass is 10.0. The molecule has 2 aliphatic heterocycles. The first kappa shape index (κ1) is 15.4. The Morgan fingerprint density at radius 2 is 1.73 bits per heavy atom. The van der Waals surface area contributed by atoms with Gasteiger partial charge in [0.1, 0.15) is 11.6 Å². The maximum absolute atomic E-state index is 13.2. The van der Waals surface area contributed by atoms with Gasteiger partial charge in [-0.05, 0) is 49.9 Å². The fraction of sp³-hybridized carbons (Fsp3) is 0.588. The molecule has 0 N–H and O–H groups in total. The molecule has 0 aliphatic carbocycles. The van der Waals surface area contributed by atoms with Crippen molar-refractivity contribution in [3.8, 4) is 0 Å². The van der Waals surface area contributed by atoms with Crippen LogP contribution < -0.4 is 0 Å². The first-order valence-corrected chi connectivity index (χ1v) is 8.08. The lowest BCUT2D eigenvalue weighted by Crippen LogP contribution is -2.40. The zero-order valence-electron chi connectivity index (χ0n) is 12.7. The quantitative estimate of drug-likeness (QED) is 0.857. The van der Waals surface area contributed by atoms with Gasteiger partial charge in [-0.2, -0.15) is 0 Å². The Bertz CT molecular complexity index is 523. The summed E-state index contributed by atoms with van der Waals surface area (Å²) in [4.78, 5) is 16.6. The van der Waals surface area contributed by atoms with E-state index in [2.05, 4.69) is 4.90 Å². The van der Waals surface area contributed by atoms with E-state index in [9.17, 15) is 13.6 Å². The summed E-state index contributed by atoms with van der Waals surface area (Å²) < 4.78 is 26.5. The number of nitrogens with zero attached hydrogens (tertiary/aromatic N) is 2. The minimum atomic E-state index is -0.546. The Morgan fingerprint density at radius 3 is 2.41 bits per heavy atom. The van der Waals surface area contributed by atoms with Gasteiger partial charge in [-0.1, -0.05) is 0 Å². The number of benzene rings is 1. The van der Waals surface area contributed by atoms with Crippen molar-refractivity contribution < 1.29 is 13.6 Å². The summed E-state index contributed by atoms with van der Waals surface area (Å²) in [6.07, 6.45) is 4.26. The lowest BCUT2D eigenvalue weighted by molar-refractivity contribution is -0.136. The third-order valence-corrected chi connectivity index (χ3v) is 4.62. The Hall–Kier alpha value is -1.49. The first-order valence-electron chi connectivity index (χ1n) is 8.08. The van der Waals surface area contributed by atoms with E-state index >= 15 is 0 Å². The molecule has 22 heavy (non-hydrogen) atoms. The summed E-state index contributed by atoms with van der Waals surface area (Å²) in [5.41, 5.74) is 0.628. The zero-order chi connectivity index (χ0) is 15.5. The second-order valence-corrected chi connectivity index (χ2v) is 6.38. The molecular weight excluding hydrogens is 286 g/mol. The number of piperidine rings is 1. The summed E-state index contributed by atoms with van der Waals surface area (Å²) in [5.74, 6) is -0.797. The molecule has 5 heteroatoms. The molecule has 1 aromatic carbocycles. The molecule has 1 aromatic rings. The summed E-state index contributed by atoms with van der Waals surface area (Å²) >= 11 is 0. The molecule has 1 atom stereocenters. The van der Waals surface area contributed by atoms with Crippen LogP contribution in [0, 0.1) is 17.6 Å². The van der Waals surface area contributed by atoms with Crippen LogP contribution in [-0.2, 0) is 11.3 Å². The largest absolute Gasteiger partial charge is 0.342 e. The Labute approximate surface area is 129 Å². The van der Waals surface area contributed by atoms with E-state index in [0.29, 0.717) is 18.7 Å². The van der Waals surface area contributed by atoms with Gasteiger partial charge in [0, 0.05) is 32.2 Å². The number of amides is 1. The summed E-state index contributed by atoms with van der Waals surface area (Å²) in [6.45, 7) is 3.75. The molecule has 0 bridgehead atoms. The van der Waals surface area contributed by atoms with E-state index in [4.69, 9.17) is 0 Å². The molecule has 0 aromatic heterocycles. The van der Waals surface area contributed by atoms with Crippen LogP contribution in [0.25, 0.3) is 0 Å². The molecule has 3 rings (SSSR count). The van der Waals surface area contributed by atoms with Gasteiger partial charge in [0.05, 0.1) is 5.92 Å². The number of halogens is 2. The monoisotopic (exact) mass is 308 g/mol. The minimum Gasteiger partial charge on any atom is -0.342 e. The Balaban J connectivity index is 1.56. The molecule has 2 saturated heterocycles. The number of likely N-dealkylation sites (tertiary alicyclic amines) is 2. The van der Waals surface area contributed by atoms with Gasteiger partial charge < -0.3 is 4.90 Å². The maximum Gasteiger partial charge on any atom is 0.227 e. The predicted molar refractivity (Wildman–Crippen MR) is 80.2 cm³/mol. The van der Waals surface area contributed by atoms with Crippen LogP contribution in [0.15, 0.2) is 18.2 Å². The van der Waals surface area contributed by atoms with Crippen LogP contribution in [-0.4, -0.2) is 41.9 Å². The van der Waals surface area contributed by atoms with Gasteiger partial charge in [0.15, 0.2) is 0 Å². The summed E-state index contributed by atoms with van der Waals surface area (Å²) in [7, 11) is 0. The minimum absolute atomic E-state index is 0.0384. The highest BCUT2D eigenvalue weighted by Gasteiger charge is 2.31. The molecule has 1 amide bonds. The van der Waals surface area contributed by atoms with Crippen molar-refractivity contribution in [2.45, 2.75) is 32.2 Å². The van der Waals surface area contributed by atoms with Gasteiger partial charge in [-0.25, -0.2) is 8.78 Å². The van der Waals surface area contributed by atoms with Crippen molar-refractivity contribution in [3.05, 3.63) is 35.4 Å². The van der Waals surface area contributed by atoms with E-state index in [1.165, 1.54) is 18.6 Å². The van der Waals surface area contributed by atoms with Crippen LogP contribution in [0.3, 0.4) is 0 Å². The molecule has 1 unspecified atom stereocenters. The van der Waals surface area contributed by atoms with Crippen LogP contribution in [0.1, 0.15) is 31.2 Å². The van der Waals surface area contributed by atoms with Crippen molar-refractivity contribution in [1.29, 1.82) is 0 Å². The average molecular weight is 308 g/mol. The van der Waals surface area contributed by atoms with Gasteiger partial charge in [-0.15, -0.1) is 0 Å². The van der Waals surface area contributed by atoms with Crippen molar-refractivity contribution in [2.75, 3.05) is 26.2 Å². The maximum atomic E-state index is 13.2. The smallest absolute Gasteiger partial charge is 0.227 e. The third-order valence-electron chi connectivity index (χ3n) is 4.62. The molecule has 0 spiro atoms. The second kappa shape index (κ2) is 6.73. The SMILES string of the molecule is O=C(C1CCN(Cc2cc(F)cc(F)c2)C1)N1CCCCC1. The summed E-state index contributed by atoms with van der Waals surface area (Å²) in [5, 5.41) is 0. The predicted octanol–water partition coefficient (Wildman–Crippen LogP) is 2.80. The fourth-order valence-electron chi connectivity index (χ4n) is 3.51. The van der Waals surface area contributed by atoms with Gasteiger partial charge in [0.2, 0.25) is 5.91 Å². The number of carbonyl (C=O) groups excluding carboxylic acids is 1. The van der Waals surface area contributed by atoms with Gasteiger partial charge in [0.25, 0.3) is 0 Å². The highest BCUT2D eigenvalue weighted by molar-refractivity contribution is 5.79. The molecule has 0 radical (unpaired) electrons. The molecule has 3 nitrogen and oxygen atoms in total.